The lowest BCUT2D eigenvalue weighted by Crippen LogP contribution is -2.29. The van der Waals surface area contributed by atoms with Crippen LogP contribution in [0.4, 0.5) is 5.13 Å². The van der Waals surface area contributed by atoms with Gasteiger partial charge in [-0.2, -0.15) is 0 Å². The number of fused-ring (bicyclic) bond motifs is 2. The van der Waals surface area contributed by atoms with Gasteiger partial charge in [-0.3, -0.25) is 14.5 Å². The summed E-state index contributed by atoms with van der Waals surface area (Å²) in [6.45, 7) is 0.775. The molecule has 0 radical (unpaired) electrons. The number of thiazole rings is 1. The second-order valence-corrected chi connectivity index (χ2v) is 10.9. The van der Waals surface area contributed by atoms with Gasteiger partial charge in [0.05, 0.1) is 28.9 Å². The molecule has 43 heavy (non-hydrogen) atoms. The first-order chi connectivity index (χ1) is 21.0. The van der Waals surface area contributed by atoms with Crippen molar-refractivity contribution >= 4 is 44.1 Å². The van der Waals surface area contributed by atoms with E-state index in [-0.39, 0.29) is 11.3 Å². The number of amides is 1. The number of aromatic nitrogens is 1. The molecule has 5 aromatic rings. The fourth-order valence-corrected chi connectivity index (χ4v) is 6.21. The van der Waals surface area contributed by atoms with Crippen molar-refractivity contribution in [2.75, 3.05) is 25.2 Å². The molecule has 9 nitrogen and oxygen atoms in total. The minimum Gasteiger partial charge on any atom is -0.507 e. The average molecular weight is 593 g/mol. The second-order valence-electron chi connectivity index (χ2n) is 9.85. The van der Waals surface area contributed by atoms with Crippen molar-refractivity contribution in [1.29, 1.82) is 0 Å². The van der Waals surface area contributed by atoms with Crippen molar-refractivity contribution in [2.24, 2.45) is 0 Å². The van der Waals surface area contributed by atoms with Crippen LogP contribution in [-0.2, 0) is 9.59 Å². The third-order valence-electron chi connectivity index (χ3n) is 7.20. The van der Waals surface area contributed by atoms with Gasteiger partial charge in [0.1, 0.15) is 36.2 Å². The lowest BCUT2D eigenvalue weighted by atomic mass is 9.95. The van der Waals surface area contributed by atoms with Gasteiger partial charge in [-0.05, 0) is 66.2 Å². The maximum atomic E-state index is 13.7. The van der Waals surface area contributed by atoms with Gasteiger partial charge in [-0.25, -0.2) is 4.98 Å². The van der Waals surface area contributed by atoms with Crippen LogP contribution in [0.5, 0.6) is 28.7 Å². The third kappa shape index (κ3) is 4.81. The van der Waals surface area contributed by atoms with Gasteiger partial charge in [0.15, 0.2) is 16.6 Å². The van der Waals surface area contributed by atoms with Crippen molar-refractivity contribution in [3.63, 3.8) is 0 Å². The van der Waals surface area contributed by atoms with Crippen LogP contribution in [0.3, 0.4) is 0 Å². The van der Waals surface area contributed by atoms with E-state index in [1.54, 1.807) is 61.7 Å². The Morgan fingerprint density at radius 2 is 1.67 bits per heavy atom. The van der Waals surface area contributed by atoms with Gasteiger partial charge in [0.25, 0.3) is 5.78 Å². The lowest BCUT2D eigenvalue weighted by molar-refractivity contribution is -0.132. The SMILES string of the molecule is COc1ccc2nc(N3C(=O)C(=O)C(=C(O)c4ccc5c(c4)OCCO5)C3c3cccc(Oc4ccccc4)c3)sc2c1. The number of aliphatic hydroxyl groups is 1. The van der Waals surface area contributed by atoms with Crippen LogP contribution in [0.25, 0.3) is 16.0 Å². The molecule has 4 aromatic carbocycles. The van der Waals surface area contributed by atoms with Crippen molar-refractivity contribution in [3.05, 3.63) is 108 Å². The molecule has 10 heteroatoms. The Morgan fingerprint density at radius 1 is 0.884 bits per heavy atom. The van der Waals surface area contributed by atoms with Gasteiger partial charge in [0, 0.05) is 5.56 Å². The van der Waals surface area contributed by atoms with E-state index in [0.29, 0.717) is 63.7 Å². The fraction of sp³-hybridized carbons (Fsp3) is 0.121. The Morgan fingerprint density at radius 3 is 2.49 bits per heavy atom. The Balaban J connectivity index is 1.38. The predicted octanol–water partition coefficient (Wildman–Crippen LogP) is 6.49. The van der Waals surface area contributed by atoms with Crippen LogP contribution in [0, 0.1) is 0 Å². The molecule has 1 amide bonds. The van der Waals surface area contributed by atoms with Crippen molar-refractivity contribution in [3.8, 4) is 28.7 Å². The summed E-state index contributed by atoms with van der Waals surface area (Å²) in [6, 6.07) is 25.7. The normalized spacial score (nSPS) is 17.3. The number of Topliss-reactive ketones (excluding diaryl/α,β-unsaturated/α-hetero) is 1. The molecule has 0 bridgehead atoms. The number of nitrogens with zero attached hydrogens (tertiary/aromatic N) is 2. The first-order valence-corrected chi connectivity index (χ1v) is 14.3. The molecule has 1 atom stereocenters. The van der Waals surface area contributed by atoms with Gasteiger partial charge in [-0.1, -0.05) is 41.7 Å². The zero-order valence-corrected chi connectivity index (χ0v) is 23.7. The molecule has 1 aromatic heterocycles. The summed E-state index contributed by atoms with van der Waals surface area (Å²) in [5.41, 5.74) is 1.45. The molecular weight excluding hydrogens is 568 g/mol. The topological polar surface area (TPSA) is 107 Å². The smallest absolute Gasteiger partial charge is 0.301 e. The minimum absolute atomic E-state index is 0.0737. The quantitative estimate of drug-likeness (QED) is 0.135. The Hall–Kier alpha value is -5.35. The maximum absolute atomic E-state index is 13.7. The van der Waals surface area contributed by atoms with Crippen molar-refractivity contribution in [1.82, 2.24) is 4.98 Å². The molecule has 2 aliphatic heterocycles. The van der Waals surface area contributed by atoms with E-state index in [4.69, 9.17) is 18.9 Å². The standard InChI is InChI=1S/C33H24N2O7S/c1-39-22-11-12-24-27(18-22)43-33(34-24)35-29(19-6-5-9-23(16-19)42-21-7-3-2-4-8-21)28(31(37)32(35)38)30(36)20-10-13-25-26(17-20)41-15-14-40-25/h2-13,16-18,29,36H,14-15H2,1H3. The molecule has 3 heterocycles. The summed E-state index contributed by atoms with van der Waals surface area (Å²) in [5.74, 6) is 0.793. The number of hydrogen-bond donors (Lipinski definition) is 1. The van der Waals surface area contributed by atoms with Crippen LogP contribution >= 0.6 is 11.3 Å². The molecule has 2 aliphatic rings. The highest BCUT2D eigenvalue weighted by Crippen LogP contribution is 2.46. The molecule has 7 rings (SSSR count). The van der Waals surface area contributed by atoms with Crippen molar-refractivity contribution < 1.29 is 33.6 Å². The summed E-state index contributed by atoms with van der Waals surface area (Å²) in [7, 11) is 1.57. The van der Waals surface area contributed by atoms with Gasteiger partial charge in [0.2, 0.25) is 0 Å². The number of para-hydroxylation sites is 1. The molecule has 1 saturated heterocycles. The molecule has 0 spiro atoms. The molecular formula is C33H24N2O7S. The number of hydrogen-bond acceptors (Lipinski definition) is 9. The molecule has 1 fully saturated rings. The summed E-state index contributed by atoms with van der Waals surface area (Å²) in [5, 5.41) is 11.9. The van der Waals surface area contributed by atoms with Gasteiger partial charge < -0.3 is 24.1 Å². The number of anilines is 1. The Bertz CT molecular complexity index is 1920. The third-order valence-corrected chi connectivity index (χ3v) is 8.22. The van der Waals surface area contributed by atoms with Crippen molar-refractivity contribution in [2.45, 2.75) is 6.04 Å². The Labute approximate surface area is 250 Å². The monoisotopic (exact) mass is 592 g/mol. The molecule has 0 saturated carbocycles. The van der Waals surface area contributed by atoms with Gasteiger partial charge in [-0.15, -0.1) is 0 Å². The zero-order valence-electron chi connectivity index (χ0n) is 22.9. The molecule has 1 unspecified atom stereocenters. The van der Waals surface area contributed by atoms with E-state index in [0.717, 1.165) is 4.70 Å². The molecule has 214 valence electrons. The van der Waals surface area contributed by atoms with Crippen LogP contribution in [0.1, 0.15) is 17.2 Å². The highest BCUT2D eigenvalue weighted by Gasteiger charge is 2.48. The summed E-state index contributed by atoms with van der Waals surface area (Å²) in [4.78, 5) is 33.5. The van der Waals surface area contributed by atoms with E-state index in [2.05, 4.69) is 4.98 Å². The van der Waals surface area contributed by atoms with E-state index >= 15 is 0 Å². The van der Waals surface area contributed by atoms with Gasteiger partial charge >= 0.3 is 5.91 Å². The highest BCUT2D eigenvalue weighted by molar-refractivity contribution is 7.22. The first-order valence-electron chi connectivity index (χ1n) is 13.5. The summed E-state index contributed by atoms with van der Waals surface area (Å²) in [6.07, 6.45) is 0. The molecule has 0 aliphatic carbocycles. The number of aliphatic hydroxyl groups excluding tert-OH is 1. The molecule has 1 N–H and O–H groups in total. The number of rotatable bonds is 6. The van der Waals surface area contributed by atoms with E-state index in [1.807, 2.05) is 36.4 Å². The number of benzene rings is 4. The average Bonchev–Trinajstić information content (AvgIpc) is 3.58. The summed E-state index contributed by atoms with van der Waals surface area (Å²) >= 11 is 1.25. The number of ketones is 1. The second kappa shape index (κ2) is 10.8. The Kier molecular flexibility index (Phi) is 6.67. The van der Waals surface area contributed by atoms with Crippen LogP contribution in [-0.4, -0.2) is 42.1 Å². The van der Waals surface area contributed by atoms with E-state index < -0.39 is 17.7 Å². The van der Waals surface area contributed by atoms with Crippen LogP contribution in [0.2, 0.25) is 0 Å². The number of carbonyl (C=O) groups is 2. The number of ether oxygens (including phenoxy) is 4. The lowest BCUT2D eigenvalue weighted by Gasteiger charge is -2.23. The van der Waals surface area contributed by atoms with Crippen LogP contribution in [0.15, 0.2) is 96.6 Å². The minimum atomic E-state index is -0.991. The summed E-state index contributed by atoms with van der Waals surface area (Å²) < 4.78 is 23.5. The number of methoxy groups -OCH3 is 1. The van der Waals surface area contributed by atoms with Crippen LogP contribution < -0.4 is 23.8 Å². The maximum Gasteiger partial charge on any atom is 0.301 e. The van der Waals surface area contributed by atoms with E-state index in [1.165, 1.54) is 16.2 Å². The first kappa shape index (κ1) is 26.5. The van der Waals surface area contributed by atoms with E-state index in [9.17, 15) is 14.7 Å². The zero-order chi connectivity index (χ0) is 29.5. The predicted molar refractivity (Wildman–Crippen MR) is 161 cm³/mol. The highest BCUT2D eigenvalue weighted by atomic mass is 32.1. The number of carbonyl (C=O) groups excluding carboxylic acids is 2. The largest absolute Gasteiger partial charge is 0.507 e. The fourth-order valence-electron chi connectivity index (χ4n) is 5.19.